The number of carbonyl (C=O) groups is 2. The normalized spacial score (nSPS) is 9.95. The minimum Gasteiger partial charge on any atom is -0.497 e. The smallest absolute Gasteiger partial charge is 0.264 e. The standard InChI is InChI=1S/C15H12O3S/c1-18-12-9-7-11(8-10-12)14(16)15(17)19-13-5-3-2-4-6-13/h2-10H,1H3. The van der Waals surface area contributed by atoms with Crippen molar-refractivity contribution in [3.05, 3.63) is 60.2 Å². The molecule has 0 amide bonds. The maximum absolute atomic E-state index is 11.9. The fourth-order valence-corrected chi connectivity index (χ4v) is 2.22. The maximum Gasteiger partial charge on any atom is 0.264 e. The Morgan fingerprint density at radius 3 is 2.16 bits per heavy atom. The Hall–Kier alpha value is -2.07. The van der Waals surface area contributed by atoms with E-state index in [1.54, 1.807) is 43.5 Å². The summed E-state index contributed by atoms with van der Waals surface area (Å²) in [6.45, 7) is 0. The van der Waals surface area contributed by atoms with Gasteiger partial charge < -0.3 is 4.74 Å². The average molecular weight is 272 g/mol. The Kier molecular flexibility index (Phi) is 4.36. The van der Waals surface area contributed by atoms with Gasteiger partial charge in [0.1, 0.15) is 5.75 Å². The molecular weight excluding hydrogens is 260 g/mol. The van der Waals surface area contributed by atoms with Crippen molar-refractivity contribution in [1.82, 2.24) is 0 Å². The van der Waals surface area contributed by atoms with Crippen LogP contribution in [0.15, 0.2) is 59.5 Å². The van der Waals surface area contributed by atoms with Crippen LogP contribution in [0.2, 0.25) is 0 Å². The van der Waals surface area contributed by atoms with Crippen molar-refractivity contribution in [3.8, 4) is 5.75 Å². The van der Waals surface area contributed by atoms with Crippen LogP contribution < -0.4 is 4.74 Å². The minimum absolute atomic E-state index is 0.370. The number of ether oxygens (including phenoxy) is 1. The number of hydrogen-bond acceptors (Lipinski definition) is 4. The molecule has 0 N–H and O–H groups in total. The first-order chi connectivity index (χ1) is 9.20. The van der Waals surface area contributed by atoms with E-state index in [0.717, 1.165) is 16.7 Å². The molecule has 0 saturated carbocycles. The fraction of sp³-hybridized carbons (Fsp3) is 0.0667. The molecule has 19 heavy (non-hydrogen) atoms. The van der Waals surface area contributed by atoms with Gasteiger partial charge in [0.25, 0.3) is 5.12 Å². The topological polar surface area (TPSA) is 43.4 Å². The van der Waals surface area contributed by atoms with Gasteiger partial charge in [0, 0.05) is 10.5 Å². The molecule has 0 atom stereocenters. The summed E-state index contributed by atoms with van der Waals surface area (Å²) in [6, 6.07) is 15.6. The van der Waals surface area contributed by atoms with Crippen LogP contribution in [0.1, 0.15) is 10.4 Å². The summed E-state index contributed by atoms with van der Waals surface area (Å²) in [5.41, 5.74) is 0.370. The first kappa shape index (κ1) is 13.4. The van der Waals surface area contributed by atoms with Crippen molar-refractivity contribution in [2.45, 2.75) is 4.90 Å². The summed E-state index contributed by atoms with van der Waals surface area (Å²) in [5.74, 6) is 0.149. The Labute approximate surface area is 115 Å². The molecule has 3 nitrogen and oxygen atoms in total. The Balaban J connectivity index is 2.08. The highest BCUT2D eigenvalue weighted by Crippen LogP contribution is 2.21. The second-order valence-corrected chi connectivity index (χ2v) is 4.81. The number of methoxy groups -OCH3 is 1. The van der Waals surface area contributed by atoms with Gasteiger partial charge in [-0.15, -0.1) is 0 Å². The monoisotopic (exact) mass is 272 g/mol. The summed E-state index contributed by atoms with van der Waals surface area (Å²) < 4.78 is 5.00. The van der Waals surface area contributed by atoms with Crippen molar-refractivity contribution in [1.29, 1.82) is 0 Å². The lowest BCUT2D eigenvalue weighted by Crippen LogP contribution is -2.09. The van der Waals surface area contributed by atoms with Gasteiger partial charge >= 0.3 is 0 Å². The molecule has 2 aromatic rings. The number of benzene rings is 2. The molecule has 2 rings (SSSR count). The zero-order valence-corrected chi connectivity index (χ0v) is 11.1. The lowest BCUT2D eigenvalue weighted by atomic mass is 10.1. The van der Waals surface area contributed by atoms with E-state index in [2.05, 4.69) is 0 Å². The molecule has 0 spiro atoms. The van der Waals surface area contributed by atoms with E-state index in [-0.39, 0.29) is 0 Å². The van der Waals surface area contributed by atoms with Gasteiger partial charge in [-0.3, -0.25) is 9.59 Å². The number of rotatable bonds is 4. The molecule has 0 aliphatic carbocycles. The van der Waals surface area contributed by atoms with Gasteiger partial charge in [0.15, 0.2) is 0 Å². The highest BCUT2D eigenvalue weighted by Gasteiger charge is 2.17. The van der Waals surface area contributed by atoms with Crippen LogP contribution in [-0.2, 0) is 4.79 Å². The van der Waals surface area contributed by atoms with Gasteiger partial charge in [0.2, 0.25) is 5.78 Å². The summed E-state index contributed by atoms with van der Waals surface area (Å²) in [6.07, 6.45) is 0. The Morgan fingerprint density at radius 2 is 1.58 bits per heavy atom. The van der Waals surface area contributed by atoms with Crippen molar-refractivity contribution in [2.75, 3.05) is 7.11 Å². The van der Waals surface area contributed by atoms with Gasteiger partial charge in [-0.05, 0) is 48.2 Å². The summed E-state index contributed by atoms with van der Waals surface area (Å²) in [5, 5.41) is -0.489. The van der Waals surface area contributed by atoms with Crippen LogP contribution >= 0.6 is 11.8 Å². The zero-order valence-electron chi connectivity index (χ0n) is 10.3. The molecule has 0 aliphatic rings. The lowest BCUT2D eigenvalue weighted by molar-refractivity contribution is -0.107. The lowest BCUT2D eigenvalue weighted by Gasteiger charge is -2.02. The molecule has 0 unspecified atom stereocenters. The van der Waals surface area contributed by atoms with E-state index in [4.69, 9.17) is 4.74 Å². The van der Waals surface area contributed by atoms with E-state index in [9.17, 15) is 9.59 Å². The maximum atomic E-state index is 11.9. The third-order valence-corrected chi connectivity index (χ3v) is 3.37. The van der Waals surface area contributed by atoms with Gasteiger partial charge in [-0.2, -0.15) is 0 Å². The van der Waals surface area contributed by atoms with Crippen molar-refractivity contribution >= 4 is 22.7 Å². The third-order valence-electron chi connectivity index (χ3n) is 2.49. The van der Waals surface area contributed by atoms with Gasteiger partial charge in [-0.25, -0.2) is 0 Å². The fourth-order valence-electron chi connectivity index (χ4n) is 1.50. The van der Waals surface area contributed by atoms with E-state index in [1.807, 2.05) is 18.2 Å². The Morgan fingerprint density at radius 1 is 0.947 bits per heavy atom. The van der Waals surface area contributed by atoms with Crippen LogP contribution in [0.25, 0.3) is 0 Å². The SMILES string of the molecule is COc1ccc(C(=O)C(=O)Sc2ccccc2)cc1. The second-order valence-electron chi connectivity index (χ2n) is 3.76. The highest BCUT2D eigenvalue weighted by atomic mass is 32.2. The van der Waals surface area contributed by atoms with E-state index < -0.39 is 10.9 Å². The predicted octanol–water partition coefficient (Wildman–Crippen LogP) is 3.20. The quantitative estimate of drug-likeness (QED) is 0.487. The number of thioether (sulfide) groups is 1. The molecule has 96 valence electrons. The van der Waals surface area contributed by atoms with E-state index in [0.29, 0.717) is 11.3 Å². The van der Waals surface area contributed by atoms with Crippen molar-refractivity contribution in [3.63, 3.8) is 0 Å². The summed E-state index contributed by atoms with van der Waals surface area (Å²) in [4.78, 5) is 24.5. The molecule has 0 aliphatic heterocycles. The van der Waals surface area contributed by atoms with Crippen LogP contribution in [-0.4, -0.2) is 18.0 Å². The predicted molar refractivity (Wildman–Crippen MR) is 74.6 cm³/mol. The molecule has 0 radical (unpaired) electrons. The first-order valence-corrected chi connectivity index (χ1v) is 6.48. The molecule has 0 aromatic heterocycles. The molecular formula is C15H12O3S. The molecule has 2 aromatic carbocycles. The number of carbonyl (C=O) groups excluding carboxylic acids is 2. The third kappa shape index (κ3) is 3.45. The molecule has 0 bridgehead atoms. The van der Waals surface area contributed by atoms with Crippen molar-refractivity contribution in [2.24, 2.45) is 0 Å². The van der Waals surface area contributed by atoms with E-state index in [1.165, 1.54) is 0 Å². The van der Waals surface area contributed by atoms with Crippen molar-refractivity contribution < 1.29 is 14.3 Å². The van der Waals surface area contributed by atoms with Gasteiger partial charge in [0.05, 0.1) is 7.11 Å². The largest absolute Gasteiger partial charge is 0.497 e. The minimum atomic E-state index is -0.503. The number of hydrogen-bond donors (Lipinski definition) is 0. The molecule has 0 saturated heterocycles. The second kappa shape index (κ2) is 6.20. The first-order valence-electron chi connectivity index (χ1n) is 5.66. The molecule has 4 heteroatoms. The van der Waals surface area contributed by atoms with E-state index >= 15 is 0 Å². The number of Topliss-reactive ketones (excluding diaryl/α,β-unsaturated/α-hetero) is 1. The zero-order chi connectivity index (χ0) is 13.7. The van der Waals surface area contributed by atoms with Crippen LogP contribution in [0.5, 0.6) is 5.75 Å². The summed E-state index contributed by atoms with van der Waals surface area (Å²) >= 11 is 0.937. The molecule has 0 heterocycles. The van der Waals surface area contributed by atoms with Crippen LogP contribution in [0, 0.1) is 0 Å². The molecule has 0 fully saturated rings. The van der Waals surface area contributed by atoms with Gasteiger partial charge in [-0.1, -0.05) is 18.2 Å². The number of ketones is 1. The summed E-state index contributed by atoms with van der Waals surface area (Å²) in [7, 11) is 1.55. The Bertz CT molecular complexity index is 576. The average Bonchev–Trinajstić information content (AvgIpc) is 2.47. The van der Waals surface area contributed by atoms with Crippen LogP contribution in [0.3, 0.4) is 0 Å². The van der Waals surface area contributed by atoms with Crippen LogP contribution in [0.4, 0.5) is 0 Å². The highest BCUT2D eigenvalue weighted by molar-refractivity contribution is 8.15.